The van der Waals surface area contributed by atoms with Crippen molar-refractivity contribution in [3.8, 4) is 11.1 Å². The first kappa shape index (κ1) is 9.93. The van der Waals surface area contributed by atoms with E-state index in [1.54, 1.807) is 23.5 Å². The maximum absolute atomic E-state index is 11.0. The van der Waals surface area contributed by atoms with E-state index in [1.807, 2.05) is 30.5 Å². The SMILES string of the molecule is Cc1sccc1-c1ccccc1C(=O)O. The Bertz CT molecular complexity index is 500. The molecule has 1 heterocycles. The third-order valence-electron chi connectivity index (χ3n) is 2.31. The summed E-state index contributed by atoms with van der Waals surface area (Å²) in [7, 11) is 0. The van der Waals surface area contributed by atoms with Crippen LogP contribution < -0.4 is 0 Å². The third-order valence-corrected chi connectivity index (χ3v) is 3.15. The number of hydrogen-bond acceptors (Lipinski definition) is 2. The van der Waals surface area contributed by atoms with Crippen LogP contribution in [0.25, 0.3) is 11.1 Å². The summed E-state index contributed by atoms with van der Waals surface area (Å²) in [5.41, 5.74) is 2.17. The van der Waals surface area contributed by atoms with E-state index in [0.717, 1.165) is 16.0 Å². The molecule has 1 N–H and O–H groups in total. The molecule has 0 aliphatic heterocycles. The van der Waals surface area contributed by atoms with Gasteiger partial charge in [0.25, 0.3) is 0 Å². The lowest BCUT2D eigenvalue weighted by Gasteiger charge is -2.04. The lowest BCUT2D eigenvalue weighted by molar-refractivity contribution is 0.0698. The summed E-state index contributed by atoms with van der Waals surface area (Å²) < 4.78 is 0. The minimum Gasteiger partial charge on any atom is -0.478 e. The summed E-state index contributed by atoms with van der Waals surface area (Å²) in [6, 6.07) is 9.04. The fourth-order valence-electron chi connectivity index (χ4n) is 1.57. The molecule has 0 aliphatic rings. The highest BCUT2D eigenvalue weighted by atomic mass is 32.1. The molecule has 0 spiro atoms. The molecule has 0 saturated heterocycles. The first-order valence-electron chi connectivity index (χ1n) is 4.57. The molecule has 0 saturated carbocycles. The number of carboxylic acids is 1. The van der Waals surface area contributed by atoms with Gasteiger partial charge in [-0.3, -0.25) is 0 Å². The third kappa shape index (κ3) is 1.78. The topological polar surface area (TPSA) is 37.3 Å². The van der Waals surface area contributed by atoms with Crippen molar-refractivity contribution in [1.82, 2.24) is 0 Å². The molecule has 76 valence electrons. The summed E-state index contributed by atoms with van der Waals surface area (Å²) in [6.45, 7) is 2.00. The average Bonchev–Trinajstić information content (AvgIpc) is 2.64. The molecule has 15 heavy (non-hydrogen) atoms. The van der Waals surface area contributed by atoms with Gasteiger partial charge in [0.1, 0.15) is 0 Å². The Kier molecular flexibility index (Phi) is 2.56. The number of carboxylic acid groups (broad SMARTS) is 1. The molecule has 0 aliphatic carbocycles. The lowest BCUT2D eigenvalue weighted by atomic mass is 10.0. The monoisotopic (exact) mass is 218 g/mol. The van der Waals surface area contributed by atoms with Gasteiger partial charge in [0, 0.05) is 4.88 Å². The maximum atomic E-state index is 11.0. The molecule has 2 rings (SSSR count). The molecule has 2 aromatic rings. The van der Waals surface area contributed by atoms with E-state index in [-0.39, 0.29) is 0 Å². The van der Waals surface area contributed by atoms with Gasteiger partial charge in [0.15, 0.2) is 0 Å². The van der Waals surface area contributed by atoms with Gasteiger partial charge in [-0.15, -0.1) is 11.3 Å². The second-order valence-electron chi connectivity index (χ2n) is 3.24. The molecule has 0 bridgehead atoms. The van der Waals surface area contributed by atoms with Crippen LogP contribution in [0.2, 0.25) is 0 Å². The number of carbonyl (C=O) groups is 1. The van der Waals surface area contributed by atoms with E-state index < -0.39 is 5.97 Å². The predicted molar refractivity (Wildman–Crippen MR) is 61.5 cm³/mol. The Balaban J connectivity index is 2.63. The smallest absolute Gasteiger partial charge is 0.336 e. The molecule has 1 aromatic carbocycles. The van der Waals surface area contributed by atoms with E-state index in [2.05, 4.69) is 0 Å². The highest BCUT2D eigenvalue weighted by molar-refractivity contribution is 7.10. The van der Waals surface area contributed by atoms with E-state index in [4.69, 9.17) is 5.11 Å². The van der Waals surface area contributed by atoms with Crippen LogP contribution in [0, 0.1) is 6.92 Å². The Hall–Kier alpha value is -1.61. The Labute approximate surface area is 91.8 Å². The summed E-state index contributed by atoms with van der Waals surface area (Å²) >= 11 is 1.63. The number of hydrogen-bond donors (Lipinski definition) is 1. The van der Waals surface area contributed by atoms with Crippen LogP contribution in [0.5, 0.6) is 0 Å². The van der Waals surface area contributed by atoms with E-state index in [1.165, 1.54) is 0 Å². The van der Waals surface area contributed by atoms with Crippen molar-refractivity contribution in [3.05, 3.63) is 46.2 Å². The first-order valence-corrected chi connectivity index (χ1v) is 5.45. The van der Waals surface area contributed by atoms with Crippen LogP contribution in [0.15, 0.2) is 35.7 Å². The molecule has 1 aromatic heterocycles. The minimum atomic E-state index is -0.879. The van der Waals surface area contributed by atoms with E-state index in [0.29, 0.717) is 5.56 Å². The zero-order chi connectivity index (χ0) is 10.8. The average molecular weight is 218 g/mol. The number of benzene rings is 1. The van der Waals surface area contributed by atoms with E-state index >= 15 is 0 Å². The van der Waals surface area contributed by atoms with Gasteiger partial charge < -0.3 is 5.11 Å². The highest BCUT2D eigenvalue weighted by Crippen LogP contribution is 2.29. The van der Waals surface area contributed by atoms with Crippen molar-refractivity contribution < 1.29 is 9.90 Å². The molecular formula is C12H10O2S. The molecular weight excluding hydrogens is 208 g/mol. The predicted octanol–water partition coefficient (Wildman–Crippen LogP) is 3.42. The molecule has 0 fully saturated rings. The first-order chi connectivity index (χ1) is 7.20. The van der Waals surface area contributed by atoms with Crippen molar-refractivity contribution in [2.45, 2.75) is 6.92 Å². The Morgan fingerprint density at radius 2 is 1.93 bits per heavy atom. The largest absolute Gasteiger partial charge is 0.478 e. The second kappa shape index (κ2) is 3.87. The summed E-state index contributed by atoms with van der Waals surface area (Å²) in [5.74, 6) is -0.879. The summed E-state index contributed by atoms with van der Waals surface area (Å²) in [6.07, 6.45) is 0. The number of aryl methyl sites for hydroxylation is 1. The maximum Gasteiger partial charge on any atom is 0.336 e. The van der Waals surface area contributed by atoms with Gasteiger partial charge in [-0.1, -0.05) is 18.2 Å². The van der Waals surface area contributed by atoms with Gasteiger partial charge in [-0.25, -0.2) is 4.79 Å². The van der Waals surface area contributed by atoms with Crippen LogP contribution in [-0.4, -0.2) is 11.1 Å². The molecule has 0 amide bonds. The molecule has 3 heteroatoms. The lowest BCUT2D eigenvalue weighted by Crippen LogP contribution is -1.98. The molecule has 0 unspecified atom stereocenters. The van der Waals surface area contributed by atoms with Crippen molar-refractivity contribution in [2.75, 3.05) is 0 Å². The fourth-order valence-corrected chi connectivity index (χ4v) is 2.28. The quantitative estimate of drug-likeness (QED) is 0.838. The number of aromatic carboxylic acids is 1. The Morgan fingerprint density at radius 3 is 2.53 bits per heavy atom. The normalized spacial score (nSPS) is 10.2. The van der Waals surface area contributed by atoms with Crippen LogP contribution in [0.1, 0.15) is 15.2 Å². The van der Waals surface area contributed by atoms with Crippen LogP contribution in [0.3, 0.4) is 0 Å². The van der Waals surface area contributed by atoms with Crippen molar-refractivity contribution >= 4 is 17.3 Å². The zero-order valence-electron chi connectivity index (χ0n) is 8.23. The van der Waals surface area contributed by atoms with Crippen LogP contribution in [0.4, 0.5) is 0 Å². The summed E-state index contributed by atoms with van der Waals surface area (Å²) in [5, 5.41) is 11.0. The molecule has 2 nitrogen and oxygen atoms in total. The zero-order valence-corrected chi connectivity index (χ0v) is 9.04. The van der Waals surface area contributed by atoms with Gasteiger partial charge >= 0.3 is 5.97 Å². The van der Waals surface area contributed by atoms with Gasteiger partial charge in [0.05, 0.1) is 5.56 Å². The minimum absolute atomic E-state index is 0.360. The Morgan fingerprint density at radius 1 is 1.20 bits per heavy atom. The van der Waals surface area contributed by atoms with Crippen molar-refractivity contribution in [2.24, 2.45) is 0 Å². The van der Waals surface area contributed by atoms with E-state index in [9.17, 15) is 4.79 Å². The standard InChI is InChI=1S/C12H10O2S/c1-8-9(6-7-15-8)10-4-2-3-5-11(10)12(13)14/h2-7H,1H3,(H,13,14). The number of rotatable bonds is 2. The van der Waals surface area contributed by atoms with Gasteiger partial charge in [0.2, 0.25) is 0 Å². The van der Waals surface area contributed by atoms with Crippen LogP contribution >= 0.6 is 11.3 Å². The molecule has 0 atom stereocenters. The van der Waals surface area contributed by atoms with Crippen molar-refractivity contribution in [1.29, 1.82) is 0 Å². The van der Waals surface area contributed by atoms with Gasteiger partial charge in [-0.2, -0.15) is 0 Å². The fraction of sp³-hybridized carbons (Fsp3) is 0.0833. The van der Waals surface area contributed by atoms with Gasteiger partial charge in [-0.05, 0) is 35.6 Å². The van der Waals surface area contributed by atoms with Crippen molar-refractivity contribution in [3.63, 3.8) is 0 Å². The van der Waals surface area contributed by atoms with Crippen LogP contribution in [-0.2, 0) is 0 Å². The second-order valence-corrected chi connectivity index (χ2v) is 4.36. The molecule has 0 radical (unpaired) electrons. The summed E-state index contributed by atoms with van der Waals surface area (Å²) in [4.78, 5) is 12.2. The number of thiophene rings is 1. The highest BCUT2D eigenvalue weighted by Gasteiger charge is 2.12.